The van der Waals surface area contributed by atoms with Crippen molar-refractivity contribution in [3.8, 4) is 17.1 Å². The SMILES string of the molecule is O=C(COc1ccc(Cl)cc1)OCc1cc(-c2ccccc2)on1. The molecule has 1 aromatic heterocycles. The van der Waals surface area contributed by atoms with Crippen molar-refractivity contribution in [3.05, 3.63) is 71.4 Å². The van der Waals surface area contributed by atoms with Crippen molar-refractivity contribution in [2.24, 2.45) is 0 Å². The van der Waals surface area contributed by atoms with E-state index in [2.05, 4.69) is 5.16 Å². The summed E-state index contributed by atoms with van der Waals surface area (Å²) in [5, 5.41) is 4.49. The average molecular weight is 344 g/mol. The average Bonchev–Trinajstić information content (AvgIpc) is 3.09. The maximum atomic E-state index is 11.7. The third-order valence-corrected chi connectivity index (χ3v) is 3.42. The van der Waals surface area contributed by atoms with Crippen LogP contribution in [0.3, 0.4) is 0 Å². The van der Waals surface area contributed by atoms with Crippen LogP contribution in [0.2, 0.25) is 5.02 Å². The third kappa shape index (κ3) is 4.36. The van der Waals surface area contributed by atoms with Gasteiger partial charge in [0.25, 0.3) is 0 Å². The monoisotopic (exact) mass is 343 g/mol. The Balaban J connectivity index is 1.48. The van der Waals surface area contributed by atoms with Gasteiger partial charge in [-0.15, -0.1) is 0 Å². The van der Waals surface area contributed by atoms with E-state index in [-0.39, 0.29) is 13.2 Å². The number of rotatable bonds is 6. The first kappa shape index (κ1) is 16.1. The highest BCUT2D eigenvalue weighted by Gasteiger charge is 2.10. The van der Waals surface area contributed by atoms with Gasteiger partial charge in [0.1, 0.15) is 18.1 Å². The summed E-state index contributed by atoms with van der Waals surface area (Å²) >= 11 is 5.78. The molecule has 6 heteroatoms. The number of hydrogen-bond donors (Lipinski definition) is 0. The standard InChI is InChI=1S/C18H14ClNO4/c19-14-6-8-16(9-7-14)22-12-18(21)23-11-15-10-17(24-20-15)13-4-2-1-3-5-13/h1-10H,11-12H2. The fraction of sp³-hybridized carbons (Fsp3) is 0.111. The zero-order valence-corrected chi connectivity index (χ0v) is 13.4. The van der Waals surface area contributed by atoms with Crippen LogP contribution in [0.25, 0.3) is 11.3 Å². The molecule has 0 amide bonds. The molecule has 0 aliphatic rings. The smallest absolute Gasteiger partial charge is 0.344 e. The minimum Gasteiger partial charge on any atom is -0.482 e. The van der Waals surface area contributed by atoms with E-state index in [1.165, 1.54) is 0 Å². The van der Waals surface area contributed by atoms with Gasteiger partial charge in [-0.1, -0.05) is 47.1 Å². The van der Waals surface area contributed by atoms with Crippen LogP contribution in [0, 0.1) is 0 Å². The number of carbonyl (C=O) groups is 1. The lowest BCUT2D eigenvalue weighted by Gasteiger charge is -2.05. The van der Waals surface area contributed by atoms with Gasteiger partial charge in [-0.25, -0.2) is 4.79 Å². The second-order valence-corrected chi connectivity index (χ2v) is 5.39. The first-order valence-electron chi connectivity index (χ1n) is 7.26. The van der Waals surface area contributed by atoms with Gasteiger partial charge in [-0.2, -0.15) is 0 Å². The van der Waals surface area contributed by atoms with E-state index < -0.39 is 5.97 Å². The van der Waals surface area contributed by atoms with E-state index in [4.69, 9.17) is 25.6 Å². The zero-order valence-electron chi connectivity index (χ0n) is 12.6. The summed E-state index contributed by atoms with van der Waals surface area (Å²) in [5.74, 6) is 0.678. The van der Waals surface area contributed by atoms with E-state index in [1.54, 1.807) is 30.3 Å². The summed E-state index contributed by atoms with van der Waals surface area (Å²) in [6, 6.07) is 18.0. The van der Waals surface area contributed by atoms with Crippen LogP contribution >= 0.6 is 11.6 Å². The summed E-state index contributed by atoms with van der Waals surface area (Å²) in [7, 11) is 0. The number of benzene rings is 2. The summed E-state index contributed by atoms with van der Waals surface area (Å²) in [6.45, 7) is -0.163. The lowest BCUT2D eigenvalue weighted by molar-refractivity contribution is -0.147. The Kier molecular flexibility index (Phi) is 5.13. The molecule has 0 spiro atoms. The Morgan fingerprint density at radius 1 is 1.08 bits per heavy atom. The number of ether oxygens (including phenoxy) is 2. The van der Waals surface area contributed by atoms with Gasteiger partial charge in [0.15, 0.2) is 12.4 Å². The normalized spacial score (nSPS) is 10.4. The molecule has 24 heavy (non-hydrogen) atoms. The molecular formula is C18H14ClNO4. The van der Waals surface area contributed by atoms with Crippen molar-refractivity contribution >= 4 is 17.6 Å². The Morgan fingerprint density at radius 3 is 2.58 bits per heavy atom. The van der Waals surface area contributed by atoms with E-state index in [0.29, 0.717) is 22.2 Å². The Morgan fingerprint density at radius 2 is 1.83 bits per heavy atom. The molecule has 122 valence electrons. The first-order valence-corrected chi connectivity index (χ1v) is 7.63. The molecule has 1 heterocycles. The van der Waals surface area contributed by atoms with Crippen molar-refractivity contribution in [2.45, 2.75) is 6.61 Å². The molecule has 2 aromatic carbocycles. The van der Waals surface area contributed by atoms with E-state index in [0.717, 1.165) is 5.56 Å². The van der Waals surface area contributed by atoms with Crippen molar-refractivity contribution in [2.75, 3.05) is 6.61 Å². The molecule has 0 atom stereocenters. The van der Waals surface area contributed by atoms with Gasteiger partial charge in [0, 0.05) is 16.7 Å². The highest BCUT2D eigenvalue weighted by atomic mass is 35.5. The predicted molar refractivity (Wildman–Crippen MR) is 88.7 cm³/mol. The lowest BCUT2D eigenvalue weighted by atomic mass is 10.2. The Labute approximate surface area is 143 Å². The molecular weight excluding hydrogens is 330 g/mol. The zero-order chi connectivity index (χ0) is 16.8. The van der Waals surface area contributed by atoms with Crippen LogP contribution in [0.5, 0.6) is 5.75 Å². The van der Waals surface area contributed by atoms with E-state index in [9.17, 15) is 4.79 Å². The lowest BCUT2D eigenvalue weighted by Crippen LogP contribution is -2.14. The summed E-state index contributed by atoms with van der Waals surface area (Å²) in [6.07, 6.45) is 0. The molecule has 0 N–H and O–H groups in total. The molecule has 3 aromatic rings. The first-order chi connectivity index (χ1) is 11.7. The van der Waals surface area contributed by atoms with Crippen molar-refractivity contribution in [1.82, 2.24) is 5.16 Å². The number of hydrogen-bond acceptors (Lipinski definition) is 5. The molecule has 3 rings (SSSR count). The van der Waals surface area contributed by atoms with Crippen LogP contribution in [0.1, 0.15) is 5.69 Å². The van der Waals surface area contributed by atoms with Gasteiger partial charge in [0.2, 0.25) is 0 Å². The minimum absolute atomic E-state index is 0.0269. The number of halogens is 1. The largest absolute Gasteiger partial charge is 0.482 e. The fourth-order valence-corrected chi connectivity index (χ4v) is 2.11. The number of nitrogens with zero attached hydrogens (tertiary/aromatic N) is 1. The Hall–Kier alpha value is -2.79. The van der Waals surface area contributed by atoms with Crippen molar-refractivity contribution < 1.29 is 18.8 Å². The molecule has 0 saturated carbocycles. The van der Waals surface area contributed by atoms with Crippen molar-refractivity contribution in [3.63, 3.8) is 0 Å². The number of carbonyl (C=O) groups excluding carboxylic acids is 1. The van der Waals surface area contributed by atoms with Crippen LogP contribution in [0.4, 0.5) is 0 Å². The summed E-state index contributed by atoms with van der Waals surface area (Å²) in [4.78, 5) is 11.7. The van der Waals surface area contributed by atoms with Crippen LogP contribution in [-0.4, -0.2) is 17.7 Å². The number of esters is 1. The molecule has 0 aliphatic carbocycles. The molecule has 0 bridgehead atoms. The maximum absolute atomic E-state index is 11.7. The van der Waals surface area contributed by atoms with Crippen LogP contribution < -0.4 is 4.74 Å². The molecule has 0 fully saturated rings. The molecule has 0 unspecified atom stereocenters. The van der Waals surface area contributed by atoms with Crippen LogP contribution in [0.15, 0.2) is 65.2 Å². The topological polar surface area (TPSA) is 61.6 Å². The molecule has 0 aliphatic heterocycles. The van der Waals surface area contributed by atoms with Gasteiger partial charge >= 0.3 is 5.97 Å². The van der Waals surface area contributed by atoms with E-state index >= 15 is 0 Å². The van der Waals surface area contributed by atoms with Gasteiger partial charge < -0.3 is 14.0 Å². The summed E-state index contributed by atoms with van der Waals surface area (Å²) < 4.78 is 15.7. The number of aromatic nitrogens is 1. The van der Waals surface area contributed by atoms with Gasteiger partial charge in [-0.05, 0) is 24.3 Å². The Bertz CT molecular complexity index is 799. The van der Waals surface area contributed by atoms with Crippen LogP contribution in [-0.2, 0) is 16.1 Å². The molecule has 5 nitrogen and oxygen atoms in total. The van der Waals surface area contributed by atoms with Gasteiger partial charge in [0.05, 0.1) is 0 Å². The predicted octanol–water partition coefficient (Wildman–Crippen LogP) is 4.12. The summed E-state index contributed by atoms with van der Waals surface area (Å²) in [5.41, 5.74) is 1.45. The quantitative estimate of drug-likeness (QED) is 0.630. The maximum Gasteiger partial charge on any atom is 0.344 e. The molecule has 0 saturated heterocycles. The third-order valence-electron chi connectivity index (χ3n) is 3.17. The van der Waals surface area contributed by atoms with Gasteiger partial charge in [-0.3, -0.25) is 0 Å². The highest BCUT2D eigenvalue weighted by molar-refractivity contribution is 6.30. The van der Waals surface area contributed by atoms with Crippen molar-refractivity contribution in [1.29, 1.82) is 0 Å². The highest BCUT2D eigenvalue weighted by Crippen LogP contribution is 2.20. The fourth-order valence-electron chi connectivity index (χ4n) is 1.99. The van der Waals surface area contributed by atoms with E-state index in [1.807, 2.05) is 30.3 Å². The second kappa shape index (κ2) is 7.66. The molecule has 0 radical (unpaired) electrons. The second-order valence-electron chi connectivity index (χ2n) is 4.95. The minimum atomic E-state index is -0.491.